The van der Waals surface area contributed by atoms with Crippen LogP contribution in [0.3, 0.4) is 0 Å². The number of aromatic carboxylic acids is 1. The summed E-state index contributed by atoms with van der Waals surface area (Å²) in [6, 6.07) is 6.66. The van der Waals surface area contributed by atoms with Crippen LogP contribution in [0.2, 0.25) is 0 Å². The molecule has 0 amide bonds. The molecule has 0 aliphatic carbocycles. The Hall–Kier alpha value is -2.26. The summed E-state index contributed by atoms with van der Waals surface area (Å²) in [5, 5.41) is 17.1. The van der Waals surface area contributed by atoms with Crippen molar-refractivity contribution in [3.8, 4) is 17.9 Å². The third kappa shape index (κ3) is 2.86. The first-order chi connectivity index (χ1) is 7.15. The zero-order chi connectivity index (χ0) is 11.3. The summed E-state index contributed by atoms with van der Waals surface area (Å²) in [7, 11) is 0. The lowest BCUT2D eigenvalue weighted by molar-refractivity contribution is 0.0697. The summed E-state index contributed by atoms with van der Waals surface area (Å²) in [4.78, 5) is 10.7. The molecule has 0 spiro atoms. The topological polar surface area (TPSA) is 61.1 Å². The number of hydrogen-bond donors (Lipinski definition) is 1. The van der Waals surface area contributed by atoms with Gasteiger partial charge in [0.2, 0.25) is 0 Å². The minimum absolute atomic E-state index is 0.150. The number of benzene rings is 1. The zero-order valence-corrected chi connectivity index (χ0v) is 8.24. The van der Waals surface area contributed by atoms with Crippen molar-refractivity contribution < 1.29 is 9.90 Å². The highest BCUT2D eigenvalue weighted by Gasteiger charge is 2.03. The molecule has 1 rings (SSSR count). The van der Waals surface area contributed by atoms with Crippen LogP contribution in [0.25, 0.3) is 0 Å². The minimum atomic E-state index is -0.974. The second-order valence-electron chi connectivity index (χ2n) is 2.97. The van der Waals surface area contributed by atoms with E-state index in [0.29, 0.717) is 5.56 Å². The summed E-state index contributed by atoms with van der Waals surface area (Å²) >= 11 is 0. The SMILES string of the molecule is Cc1ccc(C(=O)O)cc1C#CCC#N. The third-order valence-corrected chi connectivity index (χ3v) is 1.88. The van der Waals surface area contributed by atoms with Crippen LogP contribution in [0, 0.1) is 30.1 Å². The molecule has 1 aromatic carbocycles. The Labute approximate surface area is 88.0 Å². The van der Waals surface area contributed by atoms with E-state index in [2.05, 4.69) is 11.8 Å². The van der Waals surface area contributed by atoms with E-state index in [1.165, 1.54) is 12.1 Å². The summed E-state index contributed by atoms with van der Waals surface area (Å²) in [5.74, 6) is 4.45. The normalized spacial score (nSPS) is 8.53. The van der Waals surface area contributed by atoms with E-state index in [9.17, 15) is 4.79 Å². The van der Waals surface area contributed by atoms with E-state index < -0.39 is 5.97 Å². The average molecular weight is 199 g/mol. The first kappa shape index (κ1) is 10.8. The monoisotopic (exact) mass is 199 g/mol. The number of nitrogens with zero attached hydrogens (tertiary/aromatic N) is 1. The number of nitriles is 1. The van der Waals surface area contributed by atoms with Crippen molar-refractivity contribution in [3.63, 3.8) is 0 Å². The quantitative estimate of drug-likeness (QED) is 0.703. The number of carboxylic acids is 1. The molecule has 0 aliphatic rings. The van der Waals surface area contributed by atoms with Crippen LogP contribution in [0.15, 0.2) is 18.2 Å². The molecule has 1 N–H and O–H groups in total. The summed E-state index contributed by atoms with van der Waals surface area (Å²) in [6.45, 7) is 1.85. The largest absolute Gasteiger partial charge is 0.478 e. The fraction of sp³-hybridized carbons (Fsp3) is 0.167. The summed E-state index contributed by atoms with van der Waals surface area (Å²) < 4.78 is 0. The number of hydrogen-bond acceptors (Lipinski definition) is 2. The Morgan fingerprint density at radius 2 is 2.27 bits per heavy atom. The molecule has 74 valence electrons. The molecule has 0 radical (unpaired) electrons. The van der Waals surface area contributed by atoms with Gasteiger partial charge in [-0.1, -0.05) is 17.9 Å². The molecule has 1 aromatic rings. The Balaban J connectivity index is 3.08. The fourth-order valence-corrected chi connectivity index (χ4v) is 1.07. The molecule has 0 saturated carbocycles. The van der Waals surface area contributed by atoms with Gasteiger partial charge in [0.15, 0.2) is 0 Å². The third-order valence-electron chi connectivity index (χ3n) is 1.88. The van der Waals surface area contributed by atoms with Gasteiger partial charge in [-0.15, -0.1) is 0 Å². The van der Waals surface area contributed by atoms with Gasteiger partial charge in [0.25, 0.3) is 0 Å². The number of aryl methyl sites for hydroxylation is 1. The molecule has 0 atom stereocenters. The molecular formula is C12H9NO2. The molecule has 0 aliphatic heterocycles. The summed E-state index contributed by atoms with van der Waals surface area (Å²) in [5.41, 5.74) is 1.78. The van der Waals surface area contributed by atoms with Crippen molar-refractivity contribution in [2.24, 2.45) is 0 Å². The van der Waals surface area contributed by atoms with Crippen LogP contribution >= 0.6 is 0 Å². The van der Waals surface area contributed by atoms with Crippen LogP contribution in [-0.4, -0.2) is 11.1 Å². The van der Waals surface area contributed by atoms with Crippen molar-refractivity contribution in [2.45, 2.75) is 13.3 Å². The van der Waals surface area contributed by atoms with Gasteiger partial charge in [-0.05, 0) is 24.6 Å². The first-order valence-electron chi connectivity index (χ1n) is 4.35. The molecule has 0 heterocycles. The smallest absolute Gasteiger partial charge is 0.335 e. The molecule has 0 saturated heterocycles. The molecule has 0 unspecified atom stereocenters. The predicted molar refractivity (Wildman–Crippen MR) is 55.2 cm³/mol. The molecule has 3 nitrogen and oxygen atoms in total. The maximum atomic E-state index is 10.7. The van der Waals surface area contributed by atoms with Crippen molar-refractivity contribution in [1.29, 1.82) is 5.26 Å². The molecule has 0 aromatic heterocycles. The van der Waals surface area contributed by atoms with Gasteiger partial charge >= 0.3 is 5.97 Å². The maximum absolute atomic E-state index is 10.7. The van der Waals surface area contributed by atoms with Gasteiger partial charge in [-0.25, -0.2) is 4.79 Å². The van der Waals surface area contributed by atoms with Gasteiger partial charge in [-0.3, -0.25) is 0 Å². The molecule has 0 bridgehead atoms. The van der Waals surface area contributed by atoms with Gasteiger partial charge in [0, 0.05) is 5.56 Å². The van der Waals surface area contributed by atoms with Crippen molar-refractivity contribution in [3.05, 3.63) is 34.9 Å². The van der Waals surface area contributed by atoms with Crippen molar-refractivity contribution in [1.82, 2.24) is 0 Å². The lowest BCUT2D eigenvalue weighted by Crippen LogP contribution is -1.97. The Morgan fingerprint density at radius 3 is 2.87 bits per heavy atom. The number of carbonyl (C=O) groups is 1. The van der Waals surface area contributed by atoms with Crippen LogP contribution in [0.4, 0.5) is 0 Å². The van der Waals surface area contributed by atoms with Crippen LogP contribution < -0.4 is 0 Å². The average Bonchev–Trinajstić information content (AvgIpc) is 2.20. The van der Waals surface area contributed by atoms with Crippen molar-refractivity contribution in [2.75, 3.05) is 0 Å². The zero-order valence-electron chi connectivity index (χ0n) is 8.24. The first-order valence-corrected chi connectivity index (χ1v) is 4.35. The lowest BCUT2D eigenvalue weighted by Gasteiger charge is -1.99. The Kier molecular flexibility index (Phi) is 3.49. The molecule has 0 fully saturated rings. The second-order valence-corrected chi connectivity index (χ2v) is 2.97. The van der Waals surface area contributed by atoms with E-state index >= 15 is 0 Å². The second kappa shape index (κ2) is 4.83. The fourth-order valence-electron chi connectivity index (χ4n) is 1.07. The highest BCUT2D eigenvalue weighted by molar-refractivity contribution is 5.88. The molecular weight excluding hydrogens is 190 g/mol. The van der Waals surface area contributed by atoms with Crippen LogP contribution in [-0.2, 0) is 0 Å². The van der Waals surface area contributed by atoms with Gasteiger partial charge in [0.05, 0.1) is 18.1 Å². The highest BCUT2D eigenvalue weighted by Crippen LogP contribution is 2.10. The Morgan fingerprint density at radius 1 is 1.53 bits per heavy atom. The maximum Gasteiger partial charge on any atom is 0.335 e. The summed E-state index contributed by atoms with van der Waals surface area (Å²) in [6.07, 6.45) is 0.150. The van der Waals surface area contributed by atoms with E-state index in [4.69, 9.17) is 10.4 Å². The van der Waals surface area contributed by atoms with Gasteiger partial charge < -0.3 is 5.11 Å². The van der Waals surface area contributed by atoms with Crippen molar-refractivity contribution >= 4 is 5.97 Å². The molecule has 3 heteroatoms. The number of carboxylic acid groups (broad SMARTS) is 1. The lowest BCUT2D eigenvalue weighted by atomic mass is 10.1. The van der Waals surface area contributed by atoms with E-state index in [0.717, 1.165) is 5.56 Å². The van der Waals surface area contributed by atoms with E-state index in [1.807, 2.05) is 13.0 Å². The van der Waals surface area contributed by atoms with Crippen LogP contribution in [0.5, 0.6) is 0 Å². The van der Waals surface area contributed by atoms with Crippen LogP contribution in [0.1, 0.15) is 27.9 Å². The van der Waals surface area contributed by atoms with Gasteiger partial charge in [0.1, 0.15) is 0 Å². The number of rotatable bonds is 1. The minimum Gasteiger partial charge on any atom is -0.478 e. The Bertz CT molecular complexity index is 487. The molecule has 15 heavy (non-hydrogen) atoms. The highest BCUT2D eigenvalue weighted by atomic mass is 16.4. The standard InChI is InChI=1S/C12H9NO2/c1-9-5-6-11(12(14)15)8-10(9)4-2-3-7-13/h5-6,8H,3H2,1H3,(H,14,15). The van der Waals surface area contributed by atoms with Gasteiger partial charge in [-0.2, -0.15) is 5.26 Å². The predicted octanol–water partition coefficient (Wildman–Crippen LogP) is 1.96. The van der Waals surface area contributed by atoms with E-state index in [-0.39, 0.29) is 12.0 Å². The van der Waals surface area contributed by atoms with E-state index in [1.54, 1.807) is 6.07 Å².